The maximum atomic E-state index is 6.73. The minimum Gasteiger partial charge on any atom is -0.456 e. The molecule has 7 aromatic carbocycles. The van der Waals surface area contributed by atoms with E-state index in [2.05, 4.69) is 181 Å². The second-order valence-corrected chi connectivity index (χ2v) is 15.8. The van der Waals surface area contributed by atoms with Crippen molar-refractivity contribution in [3.05, 3.63) is 193 Å². The molecule has 6 heteroatoms. The molecule has 0 N–H and O–H groups in total. The number of anilines is 2. The van der Waals surface area contributed by atoms with E-state index in [1.54, 1.807) is 11.3 Å². The molecule has 57 heavy (non-hydrogen) atoms. The summed E-state index contributed by atoms with van der Waals surface area (Å²) in [5, 5.41) is 3.40. The molecule has 5 nitrogen and oxygen atoms in total. The fraction of sp³-hybridized carbons (Fsp3) is 0.0392. The number of nitrogens with zero attached hydrogens (tertiary/aromatic N) is 4. The van der Waals surface area contributed by atoms with Gasteiger partial charge in [-0.05, 0) is 65.2 Å². The molecule has 0 fully saturated rings. The second kappa shape index (κ2) is 12.7. The third-order valence-electron chi connectivity index (χ3n) is 11.5. The highest BCUT2D eigenvalue weighted by molar-refractivity contribution is 7.25. The smallest absolute Gasteiger partial charge is 0.164 e. The van der Waals surface area contributed by atoms with Crippen molar-refractivity contribution in [2.45, 2.75) is 12.0 Å². The van der Waals surface area contributed by atoms with Crippen LogP contribution in [0.3, 0.4) is 0 Å². The number of thiophene rings is 1. The van der Waals surface area contributed by atoms with E-state index in [-0.39, 0.29) is 12.0 Å². The van der Waals surface area contributed by atoms with Crippen LogP contribution in [0.1, 0.15) is 22.8 Å². The van der Waals surface area contributed by atoms with Crippen LogP contribution in [0.2, 0.25) is 0 Å². The molecule has 3 aromatic heterocycles. The number of hydrogen-bond acceptors (Lipinski definition) is 6. The first-order valence-electron chi connectivity index (χ1n) is 19.3. The van der Waals surface area contributed by atoms with Gasteiger partial charge in [0.1, 0.15) is 11.3 Å². The highest BCUT2D eigenvalue weighted by Gasteiger charge is 2.43. The Kier molecular flexibility index (Phi) is 7.16. The summed E-state index contributed by atoms with van der Waals surface area (Å²) >= 11 is 1.80. The first-order chi connectivity index (χ1) is 28.3. The first-order valence-corrected chi connectivity index (χ1v) is 20.1. The summed E-state index contributed by atoms with van der Waals surface area (Å²) in [5.41, 5.74) is 10.7. The third-order valence-corrected chi connectivity index (χ3v) is 12.6. The predicted octanol–water partition coefficient (Wildman–Crippen LogP) is 13.3. The topological polar surface area (TPSA) is 55.1 Å². The zero-order valence-electron chi connectivity index (χ0n) is 30.6. The van der Waals surface area contributed by atoms with Gasteiger partial charge in [-0.15, -0.1) is 11.3 Å². The van der Waals surface area contributed by atoms with Crippen LogP contribution in [0.5, 0.6) is 0 Å². The van der Waals surface area contributed by atoms with E-state index in [0.717, 1.165) is 55.6 Å². The second-order valence-electron chi connectivity index (χ2n) is 14.7. The van der Waals surface area contributed by atoms with Crippen molar-refractivity contribution < 1.29 is 4.42 Å². The van der Waals surface area contributed by atoms with Crippen molar-refractivity contribution in [1.29, 1.82) is 0 Å². The molecule has 2 unspecified atom stereocenters. The number of para-hydroxylation sites is 2. The first kappa shape index (κ1) is 32.1. The highest BCUT2D eigenvalue weighted by atomic mass is 32.1. The summed E-state index contributed by atoms with van der Waals surface area (Å²) < 4.78 is 9.17. The Morgan fingerprint density at radius 3 is 2.04 bits per heavy atom. The van der Waals surface area contributed by atoms with Crippen LogP contribution in [0.25, 0.3) is 82.5 Å². The lowest BCUT2D eigenvalue weighted by Crippen LogP contribution is -2.30. The molecule has 0 saturated carbocycles. The Labute approximate surface area is 332 Å². The third kappa shape index (κ3) is 5.04. The molecule has 0 amide bonds. The van der Waals surface area contributed by atoms with Gasteiger partial charge >= 0.3 is 0 Å². The van der Waals surface area contributed by atoms with Gasteiger partial charge in [0.15, 0.2) is 17.5 Å². The molecule has 2 atom stereocenters. The van der Waals surface area contributed by atoms with Gasteiger partial charge < -0.3 is 9.32 Å². The number of hydrogen-bond donors (Lipinski definition) is 0. The van der Waals surface area contributed by atoms with Crippen molar-refractivity contribution in [3.63, 3.8) is 0 Å². The molecule has 0 bridgehead atoms. The molecule has 1 aliphatic heterocycles. The van der Waals surface area contributed by atoms with Crippen LogP contribution in [0, 0.1) is 0 Å². The lowest BCUT2D eigenvalue weighted by molar-refractivity contribution is 0.584. The van der Waals surface area contributed by atoms with Crippen molar-refractivity contribution in [3.8, 4) is 45.3 Å². The Morgan fingerprint density at radius 1 is 0.526 bits per heavy atom. The van der Waals surface area contributed by atoms with E-state index >= 15 is 0 Å². The molecule has 2 aliphatic rings. The van der Waals surface area contributed by atoms with Gasteiger partial charge in [0.2, 0.25) is 0 Å². The van der Waals surface area contributed by atoms with Crippen molar-refractivity contribution in [2.24, 2.45) is 0 Å². The Balaban J connectivity index is 1.10. The van der Waals surface area contributed by atoms with Crippen molar-refractivity contribution in [2.75, 3.05) is 4.90 Å². The van der Waals surface area contributed by atoms with Crippen LogP contribution in [0.15, 0.2) is 180 Å². The summed E-state index contributed by atoms with van der Waals surface area (Å²) in [5.74, 6) is 2.80. The average Bonchev–Trinajstić information content (AvgIpc) is 3.96. The van der Waals surface area contributed by atoms with Gasteiger partial charge in [-0.1, -0.05) is 133 Å². The van der Waals surface area contributed by atoms with E-state index in [1.807, 2.05) is 6.07 Å². The maximum absolute atomic E-state index is 6.73. The molecule has 10 aromatic rings. The van der Waals surface area contributed by atoms with Gasteiger partial charge in [0, 0.05) is 65.1 Å². The fourth-order valence-electron chi connectivity index (χ4n) is 9.06. The fourth-order valence-corrected chi connectivity index (χ4v) is 10.2. The zero-order valence-corrected chi connectivity index (χ0v) is 31.4. The normalized spacial score (nSPS) is 15.6. The Morgan fingerprint density at radius 2 is 1.18 bits per heavy atom. The number of rotatable bonds is 5. The summed E-state index contributed by atoms with van der Waals surface area (Å²) in [4.78, 5) is 18.5. The average molecular weight is 749 g/mol. The van der Waals surface area contributed by atoms with Gasteiger partial charge in [-0.25, -0.2) is 15.0 Å². The SMILES string of the molecule is C1=CC2C(c3ccccc3N2c2ccccc2)c2c1oc1cccc(-c3nc(-c4cccc(-c5ccccc5)c4)nc(-c4cccc5sc6ccccc6c45)n3)c21. The van der Waals surface area contributed by atoms with E-state index in [4.69, 9.17) is 19.4 Å². The predicted molar refractivity (Wildman–Crippen MR) is 234 cm³/mol. The zero-order chi connectivity index (χ0) is 37.5. The van der Waals surface area contributed by atoms with Crippen LogP contribution in [0.4, 0.5) is 11.4 Å². The molecule has 0 radical (unpaired) electrons. The molecule has 0 saturated heterocycles. The molecular formula is C51H32N4OS. The van der Waals surface area contributed by atoms with Crippen LogP contribution < -0.4 is 4.90 Å². The minimum atomic E-state index is 0.0399. The standard InChI is InChI=1S/C51H32N4OS/c1-3-14-31(15-4-1)32-16-11-17-33(30-32)49-52-50(37-23-13-27-44-45(37)36-21-8-10-26-43(36)57-44)54-51(53-49)38-22-12-25-41-47(38)48-42(56-41)29-28-40-46(48)35-20-7-9-24-39(35)55(40)34-18-5-2-6-19-34/h1-30,40,46H. The maximum Gasteiger partial charge on any atom is 0.164 e. The molecule has 268 valence electrons. The van der Waals surface area contributed by atoms with Gasteiger partial charge in [-0.3, -0.25) is 0 Å². The van der Waals surface area contributed by atoms with E-state index in [1.165, 1.54) is 31.6 Å². The van der Waals surface area contributed by atoms with Crippen LogP contribution >= 0.6 is 11.3 Å². The van der Waals surface area contributed by atoms with Gasteiger partial charge in [0.25, 0.3) is 0 Å². The minimum absolute atomic E-state index is 0.0399. The number of furan rings is 1. The van der Waals surface area contributed by atoms with E-state index in [9.17, 15) is 0 Å². The van der Waals surface area contributed by atoms with Gasteiger partial charge in [-0.2, -0.15) is 0 Å². The molecule has 4 heterocycles. The molecular weight excluding hydrogens is 717 g/mol. The monoisotopic (exact) mass is 748 g/mol. The van der Waals surface area contributed by atoms with Crippen molar-refractivity contribution >= 4 is 59.9 Å². The molecule has 0 spiro atoms. The molecule has 1 aliphatic carbocycles. The lowest BCUT2D eigenvalue weighted by Gasteiger charge is -2.30. The van der Waals surface area contributed by atoms with E-state index < -0.39 is 0 Å². The summed E-state index contributed by atoms with van der Waals surface area (Å²) in [6, 6.07) is 59.8. The summed E-state index contributed by atoms with van der Waals surface area (Å²) in [7, 11) is 0. The summed E-state index contributed by atoms with van der Waals surface area (Å²) in [6.45, 7) is 0. The quantitative estimate of drug-likeness (QED) is 0.175. The number of aromatic nitrogens is 3. The number of benzene rings is 7. The van der Waals surface area contributed by atoms with Gasteiger partial charge in [0.05, 0.1) is 6.04 Å². The Hall–Kier alpha value is -7.15. The number of fused-ring (bicyclic) bond motifs is 10. The van der Waals surface area contributed by atoms with Crippen molar-refractivity contribution in [1.82, 2.24) is 15.0 Å². The highest BCUT2D eigenvalue weighted by Crippen LogP contribution is 2.54. The molecule has 12 rings (SSSR count). The van der Waals surface area contributed by atoms with E-state index in [0.29, 0.717) is 17.5 Å². The summed E-state index contributed by atoms with van der Waals surface area (Å²) in [6.07, 6.45) is 4.45. The van der Waals surface area contributed by atoms with Crippen LogP contribution in [-0.2, 0) is 0 Å². The van der Waals surface area contributed by atoms with Crippen LogP contribution in [-0.4, -0.2) is 21.0 Å². The lowest BCUT2D eigenvalue weighted by atomic mass is 9.82. The largest absolute Gasteiger partial charge is 0.456 e. The Bertz CT molecular complexity index is 3220.